The number of nitrogens with one attached hydrogen (secondary N) is 3. The van der Waals surface area contributed by atoms with E-state index >= 15 is 0 Å². The summed E-state index contributed by atoms with van der Waals surface area (Å²) < 4.78 is 11.7. The maximum Gasteiger partial charge on any atom is 0.411 e. The smallest absolute Gasteiger partial charge is 0.395 e. The fraction of sp³-hybridized carbons (Fsp3) is 0.324. The molecule has 0 saturated carbocycles. The number of fused-ring (bicyclic) bond motifs is 1. The molecule has 1 fully saturated rings. The normalized spacial score (nSPS) is 18.0. The quantitative estimate of drug-likeness (QED) is 0.105. The molecule has 0 radical (unpaired) electrons. The van der Waals surface area contributed by atoms with Crippen LogP contribution in [0.15, 0.2) is 97.1 Å². The number of amides is 4. The van der Waals surface area contributed by atoms with Crippen LogP contribution in [0.1, 0.15) is 67.2 Å². The monoisotopic (exact) mass is 651 g/mol. The third-order valence-electron chi connectivity index (χ3n) is 8.06. The van der Waals surface area contributed by atoms with E-state index in [4.69, 9.17) is 15.2 Å². The van der Waals surface area contributed by atoms with Crippen LogP contribution in [0.2, 0.25) is 0 Å². The Kier molecular flexibility index (Phi) is 11.0. The van der Waals surface area contributed by atoms with Gasteiger partial charge in [-0.15, -0.1) is 0 Å². The average Bonchev–Trinajstić information content (AvgIpc) is 3.74. The summed E-state index contributed by atoms with van der Waals surface area (Å²) in [4.78, 5) is 56.6. The Morgan fingerprint density at radius 3 is 2.29 bits per heavy atom. The number of carbonyl (C=O) groups is 4. The zero-order chi connectivity index (χ0) is 34.1. The van der Waals surface area contributed by atoms with E-state index in [1.807, 2.05) is 72.8 Å². The maximum atomic E-state index is 13.7. The molecule has 11 heteroatoms. The molecule has 5 rings (SSSR count). The van der Waals surface area contributed by atoms with E-state index in [0.29, 0.717) is 24.8 Å². The van der Waals surface area contributed by atoms with Gasteiger partial charge in [-0.25, -0.2) is 9.78 Å². The minimum Gasteiger partial charge on any atom is -0.395 e. The molecule has 4 aromatic rings. The largest absolute Gasteiger partial charge is 0.411 e. The third kappa shape index (κ3) is 9.16. The highest BCUT2D eigenvalue weighted by Crippen LogP contribution is 2.39. The van der Waals surface area contributed by atoms with Crippen molar-refractivity contribution < 1.29 is 28.7 Å². The topological polar surface area (TPSA) is 165 Å². The van der Waals surface area contributed by atoms with Crippen molar-refractivity contribution in [3.05, 3.63) is 114 Å². The van der Waals surface area contributed by atoms with Crippen molar-refractivity contribution in [2.45, 2.75) is 70.1 Å². The second-order valence-electron chi connectivity index (χ2n) is 12.4. The SMILES string of the molecule is CC(C)CC(NC(=O)OC1(NC(=O)[C@H](CC(N)=O)NC(=O)c2ccc3ccccc3n2)O[C@@H]1CCCc1ccccc1)c1ccccc1. The highest BCUT2D eigenvalue weighted by molar-refractivity contribution is 5.99. The van der Waals surface area contributed by atoms with Gasteiger partial charge in [-0.1, -0.05) is 98.8 Å². The van der Waals surface area contributed by atoms with Gasteiger partial charge in [0.05, 0.1) is 18.0 Å². The van der Waals surface area contributed by atoms with Crippen molar-refractivity contribution in [3.63, 3.8) is 0 Å². The van der Waals surface area contributed by atoms with Crippen molar-refractivity contribution in [2.75, 3.05) is 0 Å². The number of nitrogens with zero attached hydrogens (tertiary/aromatic N) is 1. The van der Waals surface area contributed by atoms with Gasteiger partial charge in [-0.3, -0.25) is 19.7 Å². The predicted octanol–water partition coefficient (Wildman–Crippen LogP) is 4.91. The van der Waals surface area contributed by atoms with E-state index in [-0.39, 0.29) is 17.7 Å². The number of aryl methyl sites for hydroxylation is 1. The summed E-state index contributed by atoms with van der Waals surface area (Å²) >= 11 is 0. The fourth-order valence-electron chi connectivity index (χ4n) is 5.63. The summed E-state index contributed by atoms with van der Waals surface area (Å²) in [6.45, 7) is 4.11. The maximum absolute atomic E-state index is 13.7. The van der Waals surface area contributed by atoms with E-state index in [2.05, 4.69) is 34.8 Å². The summed E-state index contributed by atoms with van der Waals surface area (Å²) in [7, 11) is 0. The first-order valence-corrected chi connectivity index (χ1v) is 16.1. The van der Waals surface area contributed by atoms with Crippen molar-refractivity contribution in [2.24, 2.45) is 11.7 Å². The molecular weight excluding hydrogens is 610 g/mol. The van der Waals surface area contributed by atoms with E-state index in [9.17, 15) is 19.2 Å². The molecule has 4 amide bonds. The molecule has 11 nitrogen and oxygen atoms in total. The molecule has 2 heterocycles. The standard InChI is InChI=1S/C37H41N5O6/c1-24(2)22-30(26-15-7-4-8-16-26)41-36(46)48-37(32(47-37)19-11-14-25-12-5-3-6-13-25)42-35(45)31(23-33(38)43)40-34(44)29-21-20-27-17-9-10-18-28(27)39-29/h3-10,12-13,15-18,20-21,24,30-32H,11,14,19,22-23H2,1-2H3,(H2,38,43)(H,40,44)(H,41,46)(H,42,45)/t30?,31-,32+,37?/m0/s1. The lowest BCUT2D eigenvalue weighted by Gasteiger charge is -2.24. The number of alkyl carbamates (subject to hydrolysis) is 1. The molecule has 5 N–H and O–H groups in total. The summed E-state index contributed by atoms with van der Waals surface area (Å²) in [6.07, 6.45) is 0.595. The molecule has 2 unspecified atom stereocenters. The number of hydrogen-bond acceptors (Lipinski definition) is 7. The highest BCUT2D eigenvalue weighted by Gasteiger charge is 2.62. The number of carbonyl (C=O) groups excluding carboxylic acids is 4. The lowest BCUT2D eigenvalue weighted by molar-refractivity contribution is -0.133. The van der Waals surface area contributed by atoms with Gasteiger partial charge in [-0.2, -0.15) is 0 Å². The number of para-hydroxylation sites is 1. The fourth-order valence-corrected chi connectivity index (χ4v) is 5.63. The van der Waals surface area contributed by atoms with Crippen LogP contribution in [0.3, 0.4) is 0 Å². The lowest BCUT2D eigenvalue weighted by atomic mass is 9.97. The summed E-state index contributed by atoms with van der Waals surface area (Å²) in [6, 6.07) is 28.2. The number of rotatable bonds is 15. The van der Waals surface area contributed by atoms with Crippen LogP contribution >= 0.6 is 0 Å². The number of hydrogen-bond donors (Lipinski definition) is 4. The van der Waals surface area contributed by atoms with Crippen LogP contribution in [-0.2, 0) is 25.5 Å². The Balaban J connectivity index is 1.31. The lowest BCUT2D eigenvalue weighted by Crippen LogP contribution is -2.54. The molecule has 250 valence electrons. The van der Waals surface area contributed by atoms with Crippen molar-refractivity contribution in [1.82, 2.24) is 20.9 Å². The molecule has 1 aromatic heterocycles. The van der Waals surface area contributed by atoms with Gasteiger partial charge in [0, 0.05) is 5.39 Å². The second kappa shape index (κ2) is 15.5. The Hall–Kier alpha value is -5.29. The average molecular weight is 652 g/mol. The Morgan fingerprint density at radius 1 is 0.896 bits per heavy atom. The van der Waals surface area contributed by atoms with Crippen LogP contribution in [0.5, 0.6) is 0 Å². The van der Waals surface area contributed by atoms with Gasteiger partial charge >= 0.3 is 12.0 Å². The minimum absolute atomic E-state index is 0.0554. The first-order valence-electron chi connectivity index (χ1n) is 16.1. The summed E-state index contributed by atoms with van der Waals surface area (Å²) in [5.41, 5.74) is 8.16. The number of epoxide rings is 1. The van der Waals surface area contributed by atoms with Crippen molar-refractivity contribution >= 4 is 34.7 Å². The predicted molar refractivity (Wildman–Crippen MR) is 180 cm³/mol. The zero-order valence-electron chi connectivity index (χ0n) is 27.1. The van der Waals surface area contributed by atoms with Gasteiger partial charge in [0.1, 0.15) is 11.7 Å². The number of ether oxygens (including phenoxy) is 2. The molecule has 1 aliphatic rings. The first kappa shape index (κ1) is 34.1. The van der Waals surface area contributed by atoms with E-state index < -0.39 is 48.3 Å². The molecule has 0 spiro atoms. The van der Waals surface area contributed by atoms with Crippen LogP contribution in [0, 0.1) is 5.92 Å². The van der Waals surface area contributed by atoms with Gasteiger partial charge in [0.25, 0.3) is 5.91 Å². The second-order valence-corrected chi connectivity index (χ2v) is 12.4. The first-order chi connectivity index (χ1) is 23.1. The minimum atomic E-state index is -1.81. The van der Waals surface area contributed by atoms with Crippen LogP contribution in [0.4, 0.5) is 4.79 Å². The van der Waals surface area contributed by atoms with Crippen LogP contribution in [0.25, 0.3) is 10.9 Å². The van der Waals surface area contributed by atoms with E-state index in [1.54, 1.807) is 18.2 Å². The molecule has 1 aliphatic heterocycles. The van der Waals surface area contributed by atoms with Gasteiger partial charge < -0.3 is 25.8 Å². The molecule has 0 aliphatic carbocycles. The Morgan fingerprint density at radius 2 is 1.58 bits per heavy atom. The van der Waals surface area contributed by atoms with Crippen LogP contribution in [-0.4, -0.2) is 46.9 Å². The number of pyridine rings is 1. The molecule has 3 aromatic carbocycles. The van der Waals surface area contributed by atoms with E-state index in [1.165, 1.54) is 6.07 Å². The third-order valence-corrected chi connectivity index (χ3v) is 8.06. The van der Waals surface area contributed by atoms with Gasteiger partial charge in [0.2, 0.25) is 11.8 Å². The number of aromatic nitrogens is 1. The zero-order valence-corrected chi connectivity index (χ0v) is 27.1. The summed E-state index contributed by atoms with van der Waals surface area (Å²) in [5.74, 6) is -3.83. The van der Waals surface area contributed by atoms with Crippen molar-refractivity contribution in [3.8, 4) is 0 Å². The Bertz CT molecular complexity index is 1730. The molecule has 1 saturated heterocycles. The van der Waals surface area contributed by atoms with Gasteiger partial charge in [-0.05, 0) is 54.9 Å². The molecule has 4 atom stereocenters. The highest BCUT2D eigenvalue weighted by atomic mass is 16.8. The summed E-state index contributed by atoms with van der Waals surface area (Å²) in [5, 5.41) is 8.98. The van der Waals surface area contributed by atoms with E-state index in [0.717, 1.165) is 22.9 Å². The number of nitrogens with two attached hydrogens (primary N) is 1. The molecular formula is C37H41N5O6. The Labute approximate surface area is 279 Å². The van der Waals surface area contributed by atoms with Crippen LogP contribution < -0.4 is 21.7 Å². The molecule has 48 heavy (non-hydrogen) atoms. The number of primary amides is 1. The number of benzene rings is 3. The van der Waals surface area contributed by atoms with Crippen molar-refractivity contribution in [1.29, 1.82) is 0 Å². The van der Waals surface area contributed by atoms with Gasteiger partial charge in [0.15, 0.2) is 6.10 Å². The molecule has 0 bridgehead atoms.